The Morgan fingerprint density at radius 3 is 1.93 bits per heavy atom. The largest absolute Gasteiger partial charge is 0.480 e. The van der Waals surface area contributed by atoms with Gasteiger partial charge in [-0.1, -0.05) is 18.2 Å². The van der Waals surface area contributed by atoms with E-state index in [4.69, 9.17) is 0 Å². The number of carbonyl (C=O) groups is 2. The molecule has 0 radical (unpaired) electrons. The Morgan fingerprint density at radius 2 is 1.47 bits per heavy atom. The number of carbonyl (C=O) groups excluding carboxylic acids is 1. The molecule has 2 rings (SSSR count). The zero-order chi connectivity index (χ0) is 22.7. The average molecular weight is 437 g/mol. The van der Waals surface area contributed by atoms with Crippen molar-refractivity contribution in [3.63, 3.8) is 0 Å². The fraction of sp³-hybridized carbons (Fsp3) is 0.263. The lowest BCUT2D eigenvalue weighted by Crippen LogP contribution is -2.43. The van der Waals surface area contributed by atoms with E-state index in [0.29, 0.717) is 12.1 Å². The van der Waals surface area contributed by atoms with Crippen molar-refractivity contribution >= 4 is 11.9 Å². The van der Waals surface area contributed by atoms with Gasteiger partial charge in [0.15, 0.2) is 0 Å². The molecule has 1 atom stereocenters. The summed E-state index contributed by atoms with van der Waals surface area (Å²) in [6, 6.07) is 4.17. The topological polar surface area (TPSA) is 66.4 Å². The molecule has 2 aromatic rings. The first-order chi connectivity index (χ1) is 13.8. The molecular weight excluding hydrogens is 423 g/mol. The summed E-state index contributed by atoms with van der Waals surface area (Å²) in [5, 5.41) is 11.2. The standard InChI is InChI=1S/C19H14F7NO3/c20-14-4-2-1-3-11(14)8-15(17(29)30)27-16(28)7-10-5-12(18(21,22)23)9-13(6-10)19(24,25)26/h1-6,9,15H,7-8H2,(H,27,28)(H,29,30)/t15-/m0/s1. The fourth-order valence-electron chi connectivity index (χ4n) is 2.64. The van der Waals surface area contributed by atoms with Crippen molar-refractivity contribution in [2.45, 2.75) is 31.2 Å². The van der Waals surface area contributed by atoms with Gasteiger partial charge in [0.05, 0.1) is 17.5 Å². The minimum Gasteiger partial charge on any atom is -0.480 e. The van der Waals surface area contributed by atoms with Crippen LogP contribution in [0.25, 0.3) is 0 Å². The first-order valence-electron chi connectivity index (χ1n) is 8.31. The second-order valence-corrected chi connectivity index (χ2v) is 6.34. The predicted octanol–water partition coefficient (Wildman–Crippen LogP) is 4.22. The van der Waals surface area contributed by atoms with Gasteiger partial charge in [-0.05, 0) is 35.4 Å². The number of amides is 1. The Labute approximate surface area is 165 Å². The van der Waals surface area contributed by atoms with E-state index in [2.05, 4.69) is 0 Å². The number of nitrogens with one attached hydrogen (secondary N) is 1. The van der Waals surface area contributed by atoms with Crippen LogP contribution in [0, 0.1) is 5.82 Å². The van der Waals surface area contributed by atoms with Gasteiger partial charge in [0.1, 0.15) is 11.9 Å². The Kier molecular flexibility index (Phi) is 6.73. The maximum Gasteiger partial charge on any atom is 0.416 e. The molecule has 0 saturated heterocycles. The van der Waals surface area contributed by atoms with Gasteiger partial charge >= 0.3 is 18.3 Å². The zero-order valence-electron chi connectivity index (χ0n) is 14.9. The minimum absolute atomic E-state index is 0.0383. The molecule has 0 heterocycles. The summed E-state index contributed by atoms with van der Waals surface area (Å²) in [6.45, 7) is 0. The van der Waals surface area contributed by atoms with Gasteiger partial charge < -0.3 is 10.4 Å². The highest BCUT2D eigenvalue weighted by Gasteiger charge is 2.37. The van der Waals surface area contributed by atoms with E-state index in [1.807, 2.05) is 5.32 Å². The quantitative estimate of drug-likeness (QED) is 0.666. The van der Waals surface area contributed by atoms with Crippen LogP contribution < -0.4 is 5.32 Å². The van der Waals surface area contributed by atoms with Crippen LogP contribution in [0.4, 0.5) is 30.7 Å². The van der Waals surface area contributed by atoms with Crippen molar-refractivity contribution < 1.29 is 45.4 Å². The van der Waals surface area contributed by atoms with Gasteiger partial charge in [0.2, 0.25) is 5.91 Å². The van der Waals surface area contributed by atoms with Crippen molar-refractivity contribution in [3.05, 3.63) is 70.5 Å². The molecule has 0 saturated carbocycles. The van der Waals surface area contributed by atoms with Crippen molar-refractivity contribution in [2.24, 2.45) is 0 Å². The highest BCUT2D eigenvalue weighted by atomic mass is 19.4. The van der Waals surface area contributed by atoms with Gasteiger partial charge in [-0.3, -0.25) is 4.79 Å². The third-order valence-electron chi connectivity index (χ3n) is 4.03. The smallest absolute Gasteiger partial charge is 0.416 e. The summed E-state index contributed by atoms with van der Waals surface area (Å²) in [4.78, 5) is 23.4. The molecule has 0 unspecified atom stereocenters. The summed E-state index contributed by atoms with van der Waals surface area (Å²) in [5.41, 5.74) is -3.84. The summed E-state index contributed by atoms with van der Waals surface area (Å²) >= 11 is 0. The van der Waals surface area contributed by atoms with E-state index in [1.54, 1.807) is 0 Å². The Balaban J connectivity index is 2.23. The van der Waals surface area contributed by atoms with Crippen molar-refractivity contribution in [2.75, 3.05) is 0 Å². The summed E-state index contributed by atoms with van der Waals surface area (Å²) in [5.74, 6) is -3.41. The molecule has 0 aliphatic rings. The highest BCUT2D eigenvalue weighted by Crippen LogP contribution is 2.36. The molecule has 1 amide bonds. The molecule has 0 aliphatic heterocycles. The maximum absolute atomic E-state index is 13.7. The van der Waals surface area contributed by atoms with Crippen molar-refractivity contribution in [1.29, 1.82) is 0 Å². The van der Waals surface area contributed by atoms with Gasteiger partial charge in [-0.2, -0.15) is 26.3 Å². The van der Waals surface area contributed by atoms with Crippen LogP contribution in [0.5, 0.6) is 0 Å². The molecule has 2 aromatic carbocycles. The summed E-state index contributed by atoms with van der Waals surface area (Å²) in [6.07, 6.45) is -11.6. The van der Waals surface area contributed by atoms with Crippen LogP contribution >= 0.6 is 0 Å². The van der Waals surface area contributed by atoms with Crippen LogP contribution in [-0.4, -0.2) is 23.0 Å². The fourth-order valence-corrected chi connectivity index (χ4v) is 2.64. The second-order valence-electron chi connectivity index (χ2n) is 6.34. The number of hydrogen-bond acceptors (Lipinski definition) is 2. The molecule has 30 heavy (non-hydrogen) atoms. The third-order valence-corrected chi connectivity index (χ3v) is 4.03. The number of halogens is 7. The van der Waals surface area contributed by atoms with E-state index in [0.717, 1.165) is 6.07 Å². The predicted molar refractivity (Wildman–Crippen MR) is 89.8 cm³/mol. The van der Waals surface area contributed by atoms with Crippen LogP contribution in [0.3, 0.4) is 0 Å². The van der Waals surface area contributed by atoms with E-state index in [-0.39, 0.29) is 11.6 Å². The Hall–Kier alpha value is -3.11. The van der Waals surface area contributed by atoms with Crippen LogP contribution in [0.2, 0.25) is 0 Å². The van der Waals surface area contributed by atoms with E-state index >= 15 is 0 Å². The first kappa shape index (κ1) is 23.2. The average Bonchev–Trinajstić information content (AvgIpc) is 2.61. The lowest BCUT2D eigenvalue weighted by atomic mass is 10.0. The number of rotatable bonds is 6. The molecular formula is C19H14F7NO3. The number of hydrogen-bond donors (Lipinski definition) is 2. The molecule has 0 spiro atoms. The lowest BCUT2D eigenvalue weighted by molar-refractivity contribution is -0.143. The lowest BCUT2D eigenvalue weighted by Gasteiger charge is -2.17. The molecule has 2 N–H and O–H groups in total. The normalized spacial score (nSPS) is 13.0. The van der Waals surface area contributed by atoms with Gasteiger partial charge in [0, 0.05) is 6.42 Å². The Morgan fingerprint density at radius 1 is 0.933 bits per heavy atom. The number of benzene rings is 2. The van der Waals surface area contributed by atoms with Crippen LogP contribution in [0.1, 0.15) is 22.3 Å². The number of carboxylic acids is 1. The van der Waals surface area contributed by atoms with Gasteiger partial charge in [-0.15, -0.1) is 0 Å². The van der Waals surface area contributed by atoms with Gasteiger partial charge in [-0.25, -0.2) is 9.18 Å². The molecule has 0 aliphatic carbocycles. The molecule has 0 fully saturated rings. The Bertz CT molecular complexity index is 906. The minimum atomic E-state index is -5.08. The number of alkyl halides is 6. The van der Waals surface area contributed by atoms with Crippen molar-refractivity contribution in [3.8, 4) is 0 Å². The van der Waals surface area contributed by atoms with E-state index in [1.165, 1.54) is 18.2 Å². The van der Waals surface area contributed by atoms with Crippen molar-refractivity contribution in [1.82, 2.24) is 5.32 Å². The molecule has 162 valence electrons. The number of carboxylic acid groups (broad SMARTS) is 1. The van der Waals surface area contributed by atoms with E-state index in [9.17, 15) is 45.4 Å². The van der Waals surface area contributed by atoms with Gasteiger partial charge in [0.25, 0.3) is 0 Å². The zero-order valence-corrected chi connectivity index (χ0v) is 14.9. The molecule has 0 bridgehead atoms. The maximum atomic E-state index is 13.7. The summed E-state index contributed by atoms with van der Waals surface area (Å²) in [7, 11) is 0. The van der Waals surface area contributed by atoms with Crippen LogP contribution in [0.15, 0.2) is 42.5 Å². The second kappa shape index (κ2) is 8.72. The summed E-state index contributed by atoms with van der Waals surface area (Å²) < 4.78 is 91.0. The monoisotopic (exact) mass is 437 g/mol. The molecule has 4 nitrogen and oxygen atoms in total. The highest BCUT2D eigenvalue weighted by molar-refractivity contribution is 5.85. The third kappa shape index (κ3) is 6.19. The first-order valence-corrected chi connectivity index (χ1v) is 8.31. The number of aliphatic carboxylic acids is 1. The molecule has 0 aromatic heterocycles. The van der Waals surface area contributed by atoms with E-state index < -0.39 is 65.6 Å². The molecule has 11 heteroatoms. The SMILES string of the molecule is O=C(Cc1cc(C(F)(F)F)cc(C(F)(F)F)c1)N[C@@H](Cc1ccccc1F)C(=O)O. The van der Waals surface area contributed by atoms with Crippen LogP contribution in [-0.2, 0) is 34.8 Å².